The molecule has 2 aliphatic rings. The fourth-order valence-electron chi connectivity index (χ4n) is 4.16. The van der Waals surface area contributed by atoms with Crippen molar-refractivity contribution in [2.45, 2.75) is 19.9 Å². The van der Waals surface area contributed by atoms with Crippen LogP contribution < -0.4 is 0 Å². The molecule has 2 atom stereocenters. The zero-order valence-electron chi connectivity index (χ0n) is 18.6. The maximum atomic E-state index is 12.8. The van der Waals surface area contributed by atoms with E-state index in [0.717, 1.165) is 54.2 Å². The first-order valence-electron chi connectivity index (χ1n) is 10.9. The highest BCUT2D eigenvalue weighted by atomic mass is 31.0. The fraction of sp³-hybridized carbons (Fsp3) is 0.360. The van der Waals surface area contributed by atoms with Crippen LogP contribution in [-0.2, 0) is 0 Å². The highest BCUT2D eigenvalue weighted by Crippen LogP contribution is 2.34. The lowest BCUT2D eigenvalue weighted by atomic mass is 9.87. The van der Waals surface area contributed by atoms with Crippen LogP contribution in [0.3, 0.4) is 0 Å². The summed E-state index contributed by atoms with van der Waals surface area (Å²) in [7, 11) is 2.80. The molecule has 1 fully saturated rings. The van der Waals surface area contributed by atoms with Gasteiger partial charge in [-0.05, 0) is 42.7 Å². The summed E-state index contributed by atoms with van der Waals surface area (Å²) in [6, 6.07) is 8.11. The standard InChI is InChI=1S/C25H33N4OP/c1-5-26-23-19(4)9-8-10-22(23)24(28-15-17-29(31)18-16-28)20-11-13-21(14-12-20)25(30)27(6-2)7-3/h5,8-14,24H,1,4,6-7,15-18,31H2,2-3H3. The van der Waals surface area contributed by atoms with E-state index in [1.54, 1.807) is 6.20 Å². The van der Waals surface area contributed by atoms with E-state index in [1.165, 1.54) is 0 Å². The Morgan fingerprint density at radius 2 is 1.84 bits per heavy atom. The maximum Gasteiger partial charge on any atom is 0.253 e. The van der Waals surface area contributed by atoms with Crippen molar-refractivity contribution in [1.82, 2.24) is 14.5 Å². The molecule has 1 aromatic rings. The molecular weight excluding hydrogens is 403 g/mol. The molecule has 2 unspecified atom stereocenters. The molecule has 0 aromatic heterocycles. The van der Waals surface area contributed by atoms with Gasteiger partial charge in [0.05, 0.1) is 11.8 Å². The van der Waals surface area contributed by atoms with Gasteiger partial charge in [-0.1, -0.05) is 52.9 Å². The number of carbonyl (C=O) groups is 1. The summed E-state index contributed by atoms with van der Waals surface area (Å²) in [4.78, 5) is 21.6. The third kappa shape index (κ3) is 5.30. The minimum Gasteiger partial charge on any atom is -0.339 e. The topological polar surface area (TPSA) is 39.2 Å². The van der Waals surface area contributed by atoms with Gasteiger partial charge in [-0.15, -0.1) is 0 Å². The predicted octanol–water partition coefficient (Wildman–Crippen LogP) is 4.25. The molecule has 1 aliphatic carbocycles. The van der Waals surface area contributed by atoms with Crippen molar-refractivity contribution in [3.05, 3.63) is 84.1 Å². The van der Waals surface area contributed by atoms with Crippen molar-refractivity contribution >= 4 is 21.0 Å². The lowest BCUT2D eigenvalue weighted by Crippen LogP contribution is -2.45. The van der Waals surface area contributed by atoms with Crippen LogP contribution in [0.4, 0.5) is 0 Å². The van der Waals surface area contributed by atoms with E-state index in [2.05, 4.69) is 55.3 Å². The van der Waals surface area contributed by atoms with E-state index < -0.39 is 0 Å². The van der Waals surface area contributed by atoms with Gasteiger partial charge in [-0.25, -0.2) is 0 Å². The Morgan fingerprint density at radius 3 is 2.42 bits per heavy atom. The van der Waals surface area contributed by atoms with Crippen molar-refractivity contribution in [2.24, 2.45) is 4.99 Å². The summed E-state index contributed by atoms with van der Waals surface area (Å²) >= 11 is 0. The first-order valence-corrected chi connectivity index (χ1v) is 11.4. The summed E-state index contributed by atoms with van der Waals surface area (Å²) in [5.74, 6) is 0.0758. The molecule has 3 rings (SSSR count). The summed E-state index contributed by atoms with van der Waals surface area (Å²) < 4.78 is 2.27. The predicted molar refractivity (Wildman–Crippen MR) is 133 cm³/mol. The van der Waals surface area contributed by atoms with Crippen molar-refractivity contribution < 1.29 is 4.79 Å². The summed E-state index contributed by atoms with van der Waals surface area (Å²) in [6.45, 7) is 17.3. The van der Waals surface area contributed by atoms with Crippen LogP contribution in [0.5, 0.6) is 0 Å². The molecule has 164 valence electrons. The quantitative estimate of drug-likeness (QED) is 0.600. The number of carbonyl (C=O) groups excluding carboxylic acids is 1. The molecule has 1 amide bonds. The molecule has 0 bridgehead atoms. The largest absolute Gasteiger partial charge is 0.339 e. The van der Waals surface area contributed by atoms with E-state index in [-0.39, 0.29) is 11.9 Å². The molecule has 6 heteroatoms. The van der Waals surface area contributed by atoms with Gasteiger partial charge in [0.25, 0.3) is 5.91 Å². The van der Waals surface area contributed by atoms with E-state index in [0.29, 0.717) is 13.1 Å². The molecule has 0 radical (unpaired) electrons. The Hall–Kier alpha value is -2.33. The van der Waals surface area contributed by atoms with Gasteiger partial charge in [0.15, 0.2) is 0 Å². The zero-order chi connectivity index (χ0) is 22.4. The van der Waals surface area contributed by atoms with E-state index in [4.69, 9.17) is 0 Å². The number of allylic oxidation sites excluding steroid dienone is 4. The minimum atomic E-state index is 0.0386. The fourth-order valence-corrected chi connectivity index (χ4v) is 4.40. The van der Waals surface area contributed by atoms with E-state index >= 15 is 0 Å². The van der Waals surface area contributed by atoms with Crippen LogP contribution >= 0.6 is 9.39 Å². The third-order valence-electron chi connectivity index (χ3n) is 5.90. The number of piperazine rings is 1. The van der Waals surface area contributed by atoms with Gasteiger partial charge in [0.1, 0.15) is 0 Å². The van der Waals surface area contributed by atoms with E-state index in [1.807, 2.05) is 43.0 Å². The highest BCUT2D eigenvalue weighted by molar-refractivity contribution is 7.13. The van der Waals surface area contributed by atoms with Crippen LogP contribution in [0.2, 0.25) is 0 Å². The van der Waals surface area contributed by atoms with Crippen molar-refractivity contribution in [1.29, 1.82) is 0 Å². The van der Waals surface area contributed by atoms with Crippen molar-refractivity contribution in [3.8, 4) is 0 Å². The van der Waals surface area contributed by atoms with Crippen LogP contribution in [0.15, 0.2) is 78.0 Å². The number of nitrogens with zero attached hydrogens (tertiary/aromatic N) is 4. The molecule has 0 spiro atoms. The van der Waals surface area contributed by atoms with Gasteiger partial charge in [-0.3, -0.25) is 19.4 Å². The number of amides is 1. The van der Waals surface area contributed by atoms with Gasteiger partial charge in [0, 0.05) is 51.0 Å². The molecular formula is C25H33N4OP. The SMILES string of the molecule is C=CN=C1C(=C)C=CC=C1C(c1ccc(C(=O)N(CC)CC)cc1)N1CCN(P)CC1. The van der Waals surface area contributed by atoms with Crippen LogP contribution in [0, 0.1) is 0 Å². The second kappa shape index (κ2) is 10.8. The molecule has 31 heavy (non-hydrogen) atoms. The molecule has 5 nitrogen and oxygen atoms in total. The first kappa shape index (κ1) is 23.3. The Bertz CT molecular complexity index is 904. The van der Waals surface area contributed by atoms with Crippen LogP contribution in [0.25, 0.3) is 0 Å². The van der Waals surface area contributed by atoms with Gasteiger partial charge in [-0.2, -0.15) is 0 Å². The molecule has 1 aliphatic heterocycles. The summed E-state index contributed by atoms with van der Waals surface area (Å²) in [6.07, 6.45) is 7.73. The normalized spacial score (nSPS) is 19.9. The van der Waals surface area contributed by atoms with Crippen LogP contribution in [0.1, 0.15) is 35.8 Å². The van der Waals surface area contributed by atoms with Crippen LogP contribution in [-0.4, -0.2) is 65.4 Å². The zero-order valence-corrected chi connectivity index (χ0v) is 19.8. The number of benzene rings is 1. The van der Waals surface area contributed by atoms with Gasteiger partial charge < -0.3 is 4.90 Å². The minimum absolute atomic E-state index is 0.0386. The monoisotopic (exact) mass is 436 g/mol. The first-order chi connectivity index (χ1) is 15.0. The Morgan fingerprint density at radius 1 is 1.19 bits per heavy atom. The van der Waals surface area contributed by atoms with Crippen molar-refractivity contribution in [3.63, 3.8) is 0 Å². The number of hydrogen-bond donors (Lipinski definition) is 0. The molecule has 1 aromatic carbocycles. The van der Waals surface area contributed by atoms with E-state index in [9.17, 15) is 4.79 Å². The smallest absolute Gasteiger partial charge is 0.253 e. The number of aliphatic imine (C=N–C) groups is 1. The molecule has 0 saturated carbocycles. The lowest BCUT2D eigenvalue weighted by Gasteiger charge is -2.40. The maximum absolute atomic E-state index is 12.8. The third-order valence-corrected chi connectivity index (χ3v) is 6.42. The average Bonchev–Trinajstić information content (AvgIpc) is 2.78. The van der Waals surface area contributed by atoms with Crippen molar-refractivity contribution in [2.75, 3.05) is 39.3 Å². The lowest BCUT2D eigenvalue weighted by molar-refractivity contribution is 0.0773. The van der Waals surface area contributed by atoms with Gasteiger partial charge >= 0.3 is 0 Å². The summed E-state index contributed by atoms with van der Waals surface area (Å²) in [5, 5.41) is 0. The molecule has 1 heterocycles. The Labute approximate surface area is 188 Å². The molecule has 0 N–H and O–H groups in total. The van der Waals surface area contributed by atoms with Gasteiger partial charge in [0.2, 0.25) is 0 Å². The Kier molecular flexibility index (Phi) is 8.14. The molecule has 1 saturated heterocycles. The highest BCUT2D eigenvalue weighted by Gasteiger charge is 2.30. The summed E-state index contributed by atoms with van der Waals surface area (Å²) in [5.41, 5.74) is 4.76. The number of rotatable bonds is 7. The average molecular weight is 437 g/mol. The second-order valence-electron chi connectivity index (χ2n) is 7.74. The second-order valence-corrected chi connectivity index (χ2v) is 8.47. The number of hydrogen-bond acceptors (Lipinski definition) is 4. The Balaban J connectivity index is 1.99.